The number of nitrogens with zero attached hydrogens (tertiary/aromatic N) is 3. The van der Waals surface area contributed by atoms with E-state index >= 15 is 0 Å². The van der Waals surface area contributed by atoms with E-state index in [1.807, 2.05) is 31.2 Å². The number of nitrogens with one attached hydrogen (secondary N) is 1. The number of imidazole rings is 1. The van der Waals surface area contributed by atoms with Crippen molar-refractivity contribution >= 4 is 28.6 Å². The van der Waals surface area contributed by atoms with Crippen LogP contribution >= 0.6 is 0 Å². The van der Waals surface area contributed by atoms with Gasteiger partial charge in [-0.1, -0.05) is 31.2 Å². The summed E-state index contributed by atoms with van der Waals surface area (Å²) in [5, 5.41) is 11.3. The second-order valence-electron chi connectivity index (χ2n) is 7.07. The van der Waals surface area contributed by atoms with Crippen molar-refractivity contribution in [3.05, 3.63) is 64.6 Å². The number of benzene rings is 2. The summed E-state index contributed by atoms with van der Waals surface area (Å²) in [6, 6.07) is 16.4. The van der Waals surface area contributed by atoms with E-state index in [0.717, 1.165) is 23.0 Å². The first-order valence-electron chi connectivity index (χ1n) is 10.1. The number of hydrogen-bond acceptors (Lipinski definition) is 5. The molecule has 0 spiro atoms. The molecule has 3 aromatic rings. The maximum Gasteiger partial charge on any atom is 0.329 e. The number of carbonyl (C=O) groups is 2. The normalized spacial score (nSPS) is 10.6. The maximum atomic E-state index is 12.7. The molecule has 0 saturated heterocycles. The molecule has 3 rings (SSSR count). The summed E-state index contributed by atoms with van der Waals surface area (Å²) >= 11 is 0. The van der Waals surface area contributed by atoms with Crippen LogP contribution in [0.4, 0.5) is 5.69 Å². The highest BCUT2D eigenvalue weighted by Crippen LogP contribution is 2.14. The van der Waals surface area contributed by atoms with Gasteiger partial charge in [0.25, 0.3) is 5.91 Å². The average Bonchev–Trinajstić information content (AvgIpc) is 3.04. The fourth-order valence-corrected chi connectivity index (χ4v) is 3.34. The second-order valence-corrected chi connectivity index (χ2v) is 7.07. The number of ether oxygens (including phenoxy) is 1. The molecule has 1 heterocycles. The molecular weight excluding hydrogens is 396 g/mol. The average molecular weight is 420 g/mol. The van der Waals surface area contributed by atoms with Crippen LogP contribution in [0, 0.1) is 11.3 Å². The van der Waals surface area contributed by atoms with Crippen molar-refractivity contribution in [2.45, 2.75) is 39.3 Å². The van der Waals surface area contributed by atoms with Gasteiger partial charge in [-0.15, -0.1) is 0 Å². The Morgan fingerprint density at radius 3 is 2.29 bits per heavy atom. The van der Waals surface area contributed by atoms with Crippen LogP contribution in [-0.4, -0.2) is 27.6 Å². The molecule has 0 bridgehead atoms. The summed E-state index contributed by atoms with van der Waals surface area (Å²) in [7, 11) is 0. The summed E-state index contributed by atoms with van der Waals surface area (Å²) in [6.45, 7) is 2.37. The predicted octanol–water partition coefficient (Wildman–Crippen LogP) is 2.85. The number of esters is 1. The first-order chi connectivity index (χ1) is 15.0. The SMILES string of the molecule is CCCn1c(=O)n(CCC(=O)OCC(=O)Nc2ccc(CC#N)cc2)c2ccccc21. The van der Waals surface area contributed by atoms with E-state index in [-0.39, 0.29) is 18.7 Å². The summed E-state index contributed by atoms with van der Waals surface area (Å²) in [5.41, 5.74) is 2.85. The molecule has 0 unspecified atom stereocenters. The third-order valence-corrected chi connectivity index (χ3v) is 4.80. The monoisotopic (exact) mass is 420 g/mol. The highest BCUT2D eigenvalue weighted by atomic mass is 16.5. The summed E-state index contributed by atoms with van der Waals surface area (Å²) in [5.74, 6) is -1.02. The van der Waals surface area contributed by atoms with E-state index in [2.05, 4.69) is 11.4 Å². The minimum absolute atomic E-state index is 0.0177. The standard InChI is InChI=1S/C23H24N4O4/c1-2-14-26-19-5-3-4-6-20(19)27(23(26)30)15-12-22(29)31-16-21(28)25-18-9-7-17(8-10-18)11-13-24/h3-10H,2,11-12,14-16H2,1H3,(H,25,28). The van der Waals surface area contributed by atoms with Gasteiger partial charge < -0.3 is 10.1 Å². The van der Waals surface area contributed by atoms with Crippen molar-refractivity contribution in [3.63, 3.8) is 0 Å². The molecule has 8 nitrogen and oxygen atoms in total. The maximum absolute atomic E-state index is 12.7. The molecule has 160 valence electrons. The Bertz CT molecular complexity index is 1170. The van der Waals surface area contributed by atoms with Crippen molar-refractivity contribution in [2.75, 3.05) is 11.9 Å². The first kappa shape index (κ1) is 21.8. The lowest BCUT2D eigenvalue weighted by atomic mass is 10.1. The molecule has 0 aliphatic carbocycles. The van der Waals surface area contributed by atoms with Gasteiger partial charge in [0.05, 0.1) is 29.9 Å². The van der Waals surface area contributed by atoms with E-state index in [1.54, 1.807) is 33.4 Å². The van der Waals surface area contributed by atoms with Gasteiger partial charge in [0.2, 0.25) is 0 Å². The van der Waals surface area contributed by atoms with Crippen molar-refractivity contribution in [1.29, 1.82) is 5.26 Å². The van der Waals surface area contributed by atoms with Crippen LogP contribution in [-0.2, 0) is 33.8 Å². The van der Waals surface area contributed by atoms with Crippen LogP contribution in [0.1, 0.15) is 25.3 Å². The Balaban J connectivity index is 1.54. The number of para-hydroxylation sites is 2. The van der Waals surface area contributed by atoms with Gasteiger partial charge in [-0.25, -0.2) is 4.79 Å². The molecular formula is C23H24N4O4. The van der Waals surface area contributed by atoms with Crippen molar-refractivity contribution in [1.82, 2.24) is 9.13 Å². The lowest BCUT2D eigenvalue weighted by molar-refractivity contribution is -0.147. The summed E-state index contributed by atoms with van der Waals surface area (Å²) in [6.07, 6.45) is 1.11. The molecule has 0 aliphatic heterocycles. The van der Waals surface area contributed by atoms with E-state index in [4.69, 9.17) is 10.00 Å². The fraction of sp³-hybridized carbons (Fsp3) is 0.304. The number of fused-ring (bicyclic) bond motifs is 1. The Morgan fingerprint density at radius 2 is 1.68 bits per heavy atom. The number of carbonyl (C=O) groups excluding carboxylic acids is 2. The van der Waals surface area contributed by atoms with Gasteiger partial charge in [-0.05, 0) is 36.2 Å². The third-order valence-electron chi connectivity index (χ3n) is 4.80. The molecule has 1 aromatic heterocycles. The number of rotatable bonds is 9. The van der Waals surface area contributed by atoms with Crippen molar-refractivity contribution < 1.29 is 14.3 Å². The van der Waals surface area contributed by atoms with Gasteiger partial charge in [-0.2, -0.15) is 5.26 Å². The minimum Gasteiger partial charge on any atom is -0.456 e. The zero-order valence-electron chi connectivity index (χ0n) is 17.3. The molecule has 8 heteroatoms. The minimum atomic E-state index is -0.557. The number of hydrogen-bond donors (Lipinski definition) is 1. The van der Waals surface area contributed by atoms with Crippen LogP contribution in [0.3, 0.4) is 0 Å². The van der Waals surface area contributed by atoms with Crippen LogP contribution in [0.2, 0.25) is 0 Å². The van der Waals surface area contributed by atoms with Gasteiger partial charge in [0.1, 0.15) is 0 Å². The molecule has 0 radical (unpaired) electrons. The molecule has 0 fully saturated rings. The van der Waals surface area contributed by atoms with Crippen LogP contribution < -0.4 is 11.0 Å². The largest absolute Gasteiger partial charge is 0.456 e. The van der Waals surface area contributed by atoms with Crippen molar-refractivity contribution in [3.8, 4) is 6.07 Å². The van der Waals surface area contributed by atoms with E-state index in [1.165, 1.54) is 0 Å². The Kier molecular flexibility index (Phi) is 7.22. The first-order valence-corrected chi connectivity index (χ1v) is 10.1. The van der Waals surface area contributed by atoms with Crippen LogP contribution in [0.25, 0.3) is 11.0 Å². The quantitative estimate of drug-likeness (QED) is 0.536. The second kappa shape index (κ2) is 10.3. The summed E-state index contributed by atoms with van der Waals surface area (Å²) in [4.78, 5) is 36.8. The molecule has 0 atom stereocenters. The smallest absolute Gasteiger partial charge is 0.329 e. The lowest BCUT2D eigenvalue weighted by Gasteiger charge is -2.07. The Morgan fingerprint density at radius 1 is 1.03 bits per heavy atom. The molecule has 1 amide bonds. The Hall–Kier alpha value is -3.86. The lowest BCUT2D eigenvalue weighted by Crippen LogP contribution is -2.26. The van der Waals surface area contributed by atoms with Crippen LogP contribution in [0.15, 0.2) is 53.3 Å². The zero-order valence-corrected chi connectivity index (χ0v) is 17.3. The van der Waals surface area contributed by atoms with E-state index in [9.17, 15) is 14.4 Å². The number of aromatic nitrogens is 2. The number of anilines is 1. The van der Waals surface area contributed by atoms with E-state index < -0.39 is 18.5 Å². The third kappa shape index (κ3) is 5.39. The molecule has 31 heavy (non-hydrogen) atoms. The number of aryl methyl sites for hydroxylation is 2. The molecule has 2 aromatic carbocycles. The molecule has 1 N–H and O–H groups in total. The number of nitriles is 1. The highest BCUT2D eigenvalue weighted by molar-refractivity contribution is 5.92. The van der Waals surface area contributed by atoms with Gasteiger partial charge in [0.15, 0.2) is 6.61 Å². The zero-order chi connectivity index (χ0) is 22.2. The topological polar surface area (TPSA) is 106 Å². The Labute approximate surface area is 179 Å². The van der Waals surface area contributed by atoms with Crippen molar-refractivity contribution in [2.24, 2.45) is 0 Å². The predicted molar refractivity (Wildman–Crippen MR) is 116 cm³/mol. The van der Waals surface area contributed by atoms with Gasteiger partial charge >= 0.3 is 11.7 Å². The number of amides is 1. The highest BCUT2D eigenvalue weighted by Gasteiger charge is 2.14. The van der Waals surface area contributed by atoms with E-state index in [0.29, 0.717) is 18.7 Å². The van der Waals surface area contributed by atoms with Crippen LogP contribution in [0.5, 0.6) is 0 Å². The molecule has 0 aliphatic rings. The fourth-order valence-electron chi connectivity index (χ4n) is 3.34. The molecule has 0 saturated carbocycles. The summed E-state index contributed by atoms with van der Waals surface area (Å²) < 4.78 is 8.32. The van der Waals surface area contributed by atoms with Gasteiger partial charge in [-0.3, -0.25) is 18.7 Å². The van der Waals surface area contributed by atoms with Gasteiger partial charge in [0, 0.05) is 18.8 Å².